The largest absolute Gasteiger partial charge is 0.310 e. The van der Waals surface area contributed by atoms with Gasteiger partial charge in [0.05, 0.1) is 5.41 Å². The highest BCUT2D eigenvalue weighted by molar-refractivity contribution is 6.06. The van der Waals surface area contributed by atoms with Crippen molar-refractivity contribution in [2.45, 2.75) is 5.41 Å². The van der Waals surface area contributed by atoms with Crippen LogP contribution >= 0.6 is 0 Å². The Labute approximate surface area is 339 Å². The van der Waals surface area contributed by atoms with Gasteiger partial charge in [0.1, 0.15) is 0 Å². The number of anilines is 3. The molecule has 0 heterocycles. The molecule has 0 atom stereocenters. The first kappa shape index (κ1) is 32.7. The maximum absolute atomic E-state index is 2.46. The third-order valence-electron chi connectivity index (χ3n) is 12.7. The molecule has 0 unspecified atom stereocenters. The third-order valence-corrected chi connectivity index (χ3v) is 12.7. The van der Waals surface area contributed by atoms with Gasteiger partial charge in [-0.15, -0.1) is 0 Å². The molecule has 0 aliphatic heterocycles. The number of nitrogens with zero attached hydrogens (tertiary/aromatic N) is 1. The summed E-state index contributed by atoms with van der Waals surface area (Å²) >= 11 is 0. The van der Waals surface area contributed by atoms with Crippen molar-refractivity contribution >= 4 is 28.7 Å². The molecule has 0 amide bonds. The fraction of sp³-hybridized carbons (Fsp3) is 0.0175. The lowest BCUT2D eigenvalue weighted by atomic mass is 9.70. The zero-order valence-electron chi connectivity index (χ0n) is 31.8. The summed E-state index contributed by atoms with van der Waals surface area (Å²) in [6.07, 6.45) is 2.33. The minimum atomic E-state index is -0.395. The van der Waals surface area contributed by atoms with Crippen LogP contribution in [0.25, 0.3) is 56.2 Å². The number of fused-ring (bicyclic) bond motifs is 13. The van der Waals surface area contributed by atoms with Crippen molar-refractivity contribution in [3.8, 4) is 44.5 Å². The first-order chi connectivity index (χ1) is 28.8. The molecule has 1 nitrogen and oxygen atoms in total. The molecule has 1 spiro atoms. The molecule has 0 radical (unpaired) electrons. The summed E-state index contributed by atoms with van der Waals surface area (Å²) in [5.41, 5.74) is 23.7. The van der Waals surface area contributed by atoms with Crippen molar-refractivity contribution < 1.29 is 0 Å². The molecule has 0 bridgehead atoms. The van der Waals surface area contributed by atoms with Gasteiger partial charge in [0, 0.05) is 17.1 Å². The molecule has 9 aromatic rings. The Bertz CT molecular complexity index is 2980. The Hall–Kier alpha value is -7.48. The fourth-order valence-corrected chi connectivity index (χ4v) is 10.2. The van der Waals surface area contributed by atoms with Crippen molar-refractivity contribution in [2.75, 3.05) is 4.90 Å². The zero-order chi connectivity index (χ0) is 38.2. The first-order valence-corrected chi connectivity index (χ1v) is 20.2. The van der Waals surface area contributed by atoms with Crippen LogP contribution < -0.4 is 4.90 Å². The summed E-state index contributed by atoms with van der Waals surface area (Å²) in [5.74, 6) is 0. The smallest absolute Gasteiger partial charge is 0.0726 e. The first-order valence-electron chi connectivity index (χ1n) is 20.2. The molecule has 12 rings (SSSR count). The van der Waals surface area contributed by atoms with Crippen LogP contribution in [-0.2, 0) is 5.41 Å². The van der Waals surface area contributed by atoms with Crippen molar-refractivity contribution in [1.82, 2.24) is 0 Å². The summed E-state index contributed by atoms with van der Waals surface area (Å²) < 4.78 is 0. The van der Waals surface area contributed by atoms with E-state index in [1.807, 2.05) is 0 Å². The van der Waals surface area contributed by atoms with Gasteiger partial charge in [-0.2, -0.15) is 0 Å². The summed E-state index contributed by atoms with van der Waals surface area (Å²) in [5, 5.41) is 0. The second-order valence-electron chi connectivity index (χ2n) is 15.6. The normalized spacial score (nSPS) is 13.3. The highest BCUT2D eigenvalue weighted by Crippen LogP contribution is 2.63. The molecule has 1 heteroatoms. The van der Waals surface area contributed by atoms with E-state index in [9.17, 15) is 0 Å². The molecule has 3 aliphatic rings. The van der Waals surface area contributed by atoms with E-state index in [2.05, 4.69) is 229 Å². The summed E-state index contributed by atoms with van der Waals surface area (Å²) in [6, 6.07) is 80.5. The van der Waals surface area contributed by atoms with Crippen molar-refractivity contribution in [3.05, 3.63) is 257 Å². The van der Waals surface area contributed by atoms with Gasteiger partial charge in [-0.3, -0.25) is 0 Å². The maximum atomic E-state index is 2.46. The van der Waals surface area contributed by atoms with E-state index in [4.69, 9.17) is 0 Å². The monoisotopic (exact) mass is 735 g/mol. The number of benzene rings is 9. The summed E-state index contributed by atoms with van der Waals surface area (Å²) in [7, 11) is 0. The second-order valence-corrected chi connectivity index (χ2v) is 15.6. The molecule has 0 fully saturated rings. The van der Waals surface area contributed by atoms with Crippen LogP contribution in [0.15, 0.2) is 218 Å². The van der Waals surface area contributed by atoms with Crippen LogP contribution in [0.4, 0.5) is 17.1 Å². The lowest BCUT2D eigenvalue weighted by molar-refractivity contribution is 0.793. The minimum Gasteiger partial charge on any atom is -0.310 e. The van der Waals surface area contributed by atoms with Gasteiger partial charge in [-0.25, -0.2) is 0 Å². The Morgan fingerprint density at radius 2 is 0.690 bits per heavy atom. The van der Waals surface area contributed by atoms with E-state index in [-0.39, 0.29) is 0 Å². The predicted molar refractivity (Wildman–Crippen MR) is 242 cm³/mol. The lowest BCUT2D eigenvalue weighted by Gasteiger charge is -2.32. The average Bonchev–Trinajstić information content (AvgIpc) is 3.89. The molecular formula is C57H37N. The SMILES string of the molecule is C(=C1c2ccccc2-c2ccccc21)c1ccc(-c2ccc(N(c3ccccc3)c3ccc4c(c3)C3(c5ccccc5-c5ccccc53)c3ccccc3-4)cc2)cc1. The summed E-state index contributed by atoms with van der Waals surface area (Å²) in [6.45, 7) is 0. The van der Waals surface area contributed by atoms with Gasteiger partial charge in [0.15, 0.2) is 0 Å². The van der Waals surface area contributed by atoms with Crippen molar-refractivity contribution in [1.29, 1.82) is 0 Å². The minimum absolute atomic E-state index is 0.395. The topological polar surface area (TPSA) is 3.24 Å². The molecule has 0 saturated heterocycles. The molecular weight excluding hydrogens is 699 g/mol. The van der Waals surface area contributed by atoms with Crippen LogP contribution in [0.3, 0.4) is 0 Å². The zero-order valence-corrected chi connectivity index (χ0v) is 31.8. The van der Waals surface area contributed by atoms with Gasteiger partial charge < -0.3 is 4.90 Å². The van der Waals surface area contributed by atoms with E-state index < -0.39 is 5.41 Å². The molecule has 0 saturated carbocycles. The molecule has 9 aromatic carbocycles. The summed E-state index contributed by atoms with van der Waals surface area (Å²) in [4.78, 5) is 2.40. The lowest BCUT2D eigenvalue weighted by Crippen LogP contribution is -2.26. The molecule has 0 N–H and O–H groups in total. The van der Waals surface area contributed by atoms with Crippen molar-refractivity contribution in [2.24, 2.45) is 0 Å². The maximum Gasteiger partial charge on any atom is 0.0726 e. The fourth-order valence-electron chi connectivity index (χ4n) is 10.2. The highest BCUT2D eigenvalue weighted by atomic mass is 15.1. The van der Waals surface area contributed by atoms with Crippen molar-refractivity contribution in [3.63, 3.8) is 0 Å². The quantitative estimate of drug-likeness (QED) is 0.170. The molecule has 58 heavy (non-hydrogen) atoms. The highest BCUT2D eigenvalue weighted by Gasteiger charge is 2.51. The van der Waals surface area contributed by atoms with E-state index in [0.717, 1.165) is 17.1 Å². The predicted octanol–water partition coefficient (Wildman–Crippen LogP) is 14.7. The number of hydrogen-bond acceptors (Lipinski definition) is 1. The molecule has 0 aromatic heterocycles. The second kappa shape index (κ2) is 12.8. The Balaban J connectivity index is 0.936. The number of hydrogen-bond donors (Lipinski definition) is 0. The average molecular weight is 736 g/mol. The van der Waals surface area contributed by atoms with Crippen LogP contribution in [0.5, 0.6) is 0 Å². The van der Waals surface area contributed by atoms with Gasteiger partial charge in [0.25, 0.3) is 0 Å². The van der Waals surface area contributed by atoms with Crippen LogP contribution in [0.1, 0.15) is 38.9 Å². The van der Waals surface area contributed by atoms with Gasteiger partial charge in [0.2, 0.25) is 0 Å². The van der Waals surface area contributed by atoms with Crippen LogP contribution in [-0.4, -0.2) is 0 Å². The van der Waals surface area contributed by atoms with E-state index in [1.54, 1.807) is 0 Å². The number of rotatable bonds is 5. The van der Waals surface area contributed by atoms with E-state index in [1.165, 1.54) is 89.0 Å². The van der Waals surface area contributed by atoms with E-state index >= 15 is 0 Å². The van der Waals surface area contributed by atoms with Gasteiger partial charge in [-0.05, 0) is 131 Å². The van der Waals surface area contributed by atoms with Crippen LogP contribution in [0, 0.1) is 0 Å². The van der Waals surface area contributed by atoms with Gasteiger partial charge in [-0.1, -0.05) is 182 Å². The Morgan fingerprint density at radius 1 is 0.293 bits per heavy atom. The Kier molecular flexibility index (Phi) is 7.21. The number of para-hydroxylation sites is 1. The van der Waals surface area contributed by atoms with Crippen LogP contribution in [0.2, 0.25) is 0 Å². The Morgan fingerprint density at radius 3 is 1.22 bits per heavy atom. The molecule has 270 valence electrons. The standard InChI is InChI=1S/C57H37N/c1-2-14-41(15-3-1)58(42-32-30-40(31-33-42)39-28-26-38(27-29-39)36-52-46-18-6-4-16-44(46)45-17-5-7-19-47(45)52)43-34-35-51-50-22-10-13-25-55(50)57(56(51)37-43)53-23-11-8-20-48(53)49-21-9-12-24-54(49)57/h1-37H. The molecule has 3 aliphatic carbocycles. The third kappa shape index (κ3) is 4.71. The van der Waals surface area contributed by atoms with Gasteiger partial charge >= 0.3 is 0 Å². The van der Waals surface area contributed by atoms with E-state index in [0.29, 0.717) is 0 Å².